The maximum absolute atomic E-state index is 13.0. The maximum atomic E-state index is 13.0. The van der Waals surface area contributed by atoms with Gasteiger partial charge in [0.15, 0.2) is 11.8 Å². The molecule has 180 valence electrons. The summed E-state index contributed by atoms with van der Waals surface area (Å²) in [5.41, 5.74) is 6.71. The lowest BCUT2D eigenvalue weighted by Gasteiger charge is -2.32. The smallest absolute Gasteiger partial charge is 0.418 e. The highest BCUT2D eigenvalue weighted by atomic mass is 32.3. The lowest BCUT2D eigenvalue weighted by Crippen LogP contribution is -2.44. The molecule has 2 bridgehead atoms. The van der Waals surface area contributed by atoms with Gasteiger partial charge in [-0.1, -0.05) is 0 Å². The summed E-state index contributed by atoms with van der Waals surface area (Å²) in [7, 11) is -0.299. The number of likely N-dealkylation sites (N-methyl/N-ethyl adjacent to an activating group) is 1. The summed E-state index contributed by atoms with van der Waals surface area (Å²) in [5.74, 6) is 0.0463. The normalized spacial score (nSPS) is 19.7. The molecule has 1 saturated heterocycles. The Balaban J connectivity index is 1.73. The third-order valence-electron chi connectivity index (χ3n) is 5.39. The van der Waals surface area contributed by atoms with Crippen LogP contribution in [0.2, 0.25) is 0 Å². The van der Waals surface area contributed by atoms with Crippen molar-refractivity contribution < 1.29 is 31.6 Å². The van der Waals surface area contributed by atoms with E-state index in [9.17, 15) is 22.6 Å². The number of amides is 3. The average molecular weight is 484 g/mol. The molecule has 2 atom stereocenters. The summed E-state index contributed by atoms with van der Waals surface area (Å²) in [6.07, 6.45) is 3.17. The molecular weight excluding hydrogens is 460 g/mol. The number of urea groups is 1. The van der Waals surface area contributed by atoms with Crippen molar-refractivity contribution in [1.82, 2.24) is 34.4 Å². The molecule has 0 saturated carbocycles. The Labute approximate surface area is 189 Å². The van der Waals surface area contributed by atoms with Crippen LogP contribution in [0.5, 0.6) is 5.75 Å². The Kier molecular flexibility index (Phi) is 5.77. The molecule has 16 heteroatoms. The van der Waals surface area contributed by atoms with Crippen molar-refractivity contribution in [3.63, 3.8) is 0 Å². The summed E-state index contributed by atoms with van der Waals surface area (Å²) in [5, 5.41) is 9.13. The number of nitrogens with two attached hydrogens (primary N) is 1. The zero-order valence-corrected chi connectivity index (χ0v) is 19.0. The number of rotatable bonds is 8. The molecule has 3 amide bonds. The number of carbonyl (C=O) groups excluding carboxylic acids is 2. The van der Waals surface area contributed by atoms with E-state index in [0.717, 1.165) is 0 Å². The molecule has 2 aromatic rings. The van der Waals surface area contributed by atoms with Crippen LogP contribution in [0.3, 0.4) is 0 Å². The lowest BCUT2D eigenvalue weighted by molar-refractivity contribution is -0.134. The summed E-state index contributed by atoms with van der Waals surface area (Å²) < 4.78 is 45.4. The van der Waals surface area contributed by atoms with Gasteiger partial charge < -0.3 is 20.3 Å². The molecule has 4 rings (SSSR count). The first-order valence-electron chi connectivity index (χ1n) is 9.90. The van der Waals surface area contributed by atoms with E-state index < -0.39 is 34.4 Å². The number of aryl methyl sites for hydroxylation is 1. The Morgan fingerprint density at radius 2 is 2.12 bits per heavy atom. The number of hydrogen-bond donors (Lipinski definition) is 2. The average Bonchev–Trinajstić information content (AvgIpc) is 3.38. The minimum atomic E-state index is -5.00. The number of aromatic nitrogens is 4. The Morgan fingerprint density at radius 3 is 2.76 bits per heavy atom. The summed E-state index contributed by atoms with van der Waals surface area (Å²) in [6, 6.07) is -2.87. The molecule has 15 nitrogen and oxygen atoms in total. The fourth-order valence-electron chi connectivity index (χ4n) is 4.08. The molecule has 33 heavy (non-hydrogen) atoms. The molecule has 2 aromatic heterocycles. The molecular formula is C17H24N8O7S. The fraction of sp³-hybridized carbons (Fsp3) is 0.529. The van der Waals surface area contributed by atoms with E-state index in [2.05, 4.69) is 14.5 Å². The maximum Gasteiger partial charge on any atom is 0.418 e. The quantitative estimate of drug-likeness (QED) is 0.433. The number of nitrogens with zero attached hydrogens (tertiary/aromatic N) is 7. The van der Waals surface area contributed by atoms with Crippen LogP contribution in [0.1, 0.15) is 29.0 Å². The highest BCUT2D eigenvalue weighted by molar-refractivity contribution is 7.80. The molecule has 2 aliphatic rings. The van der Waals surface area contributed by atoms with Gasteiger partial charge in [0.05, 0.1) is 31.2 Å². The zero-order chi connectivity index (χ0) is 24.1. The van der Waals surface area contributed by atoms with Crippen molar-refractivity contribution in [1.29, 1.82) is 0 Å². The van der Waals surface area contributed by atoms with E-state index in [0.29, 0.717) is 40.9 Å². The first kappa shape index (κ1) is 23.0. The Bertz CT molecular complexity index is 1190. The summed E-state index contributed by atoms with van der Waals surface area (Å²) in [4.78, 5) is 28.4. The number of hydrogen-bond acceptors (Lipinski definition) is 9. The van der Waals surface area contributed by atoms with Crippen LogP contribution < -0.4 is 10.5 Å². The van der Waals surface area contributed by atoms with Gasteiger partial charge in [-0.25, -0.2) is 4.79 Å². The predicted molar refractivity (Wildman–Crippen MR) is 110 cm³/mol. The number of carbonyl (C=O) groups is 2. The van der Waals surface area contributed by atoms with E-state index in [1.54, 1.807) is 32.0 Å². The van der Waals surface area contributed by atoms with E-state index in [1.807, 2.05) is 0 Å². The van der Waals surface area contributed by atoms with Crippen LogP contribution in [0.15, 0.2) is 12.4 Å². The second kappa shape index (κ2) is 8.29. The van der Waals surface area contributed by atoms with E-state index >= 15 is 0 Å². The van der Waals surface area contributed by atoms with Crippen molar-refractivity contribution in [3.8, 4) is 5.75 Å². The van der Waals surface area contributed by atoms with Gasteiger partial charge in [0.2, 0.25) is 0 Å². The minimum Gasteiger partial charge on any atom is -0.484 e. The van der Waals surface area contributed by atoms with Crippen LogP contribution >= 0.6 is 0 Å². The van der Waals surface area contributed by atoms with E-state index in [1.165, 1.54) is 20.7 Å². The second-order valence-electron chi connectivity index (χ2n) is 7.80. The van der Waals surface area contributed by atoms with Gasteiger partial charge in [-0.2, -0.15) is 23.7 Å². The van der Waals surface area contributed by atoms with Crippen LogP contribution in [-0.2, 0) is 39.7 Å². The zero-order valence-electron chi connectivity index (χ0n) is 18.2. The Morgan fingerprint density at radius 1 is 1.39 bits per heavy atom. The van der Waals surface area contributed by atoms with E-state index in [4.69, 9.17) is 10.5 Å². The van der Waals surface area contributed by atoms with Crippen LogP contribution in [0.25, 0.3) is 0 Å². The standard InChI is InChI=1S/C17H24N8O7S/c1-21(2)16(26)15-14-13(12-8-24(15)17(27)25(12)32-33(28,29)30)11(20-22(14)3)9-31-10-6-19-23(7-10)5-4-18/h6-7,12,15H,4-5,8-9,18H2,1-3H3,(H,28,29,30). The SMILES string of the molecule is CN(C)C(=O)C1c2c(c(COc3cnn(CCN)c3)nn2C)C2CN1C(=O)N2OS(=O)(=O)O. The van der Waals surface area contributed by atoms with Gasteiger partial charge >= 0.3 is 16.4 Å². The highest BCUT2D eigenvalue weighted by Crippen LogP contribution is 2.46. The number of ether oxygens (including phenoxy) is 1. The minimum absolute atomic E-state index is 0.0429. The highest BCUT2D eigenvalue weighted by Gasteiger charge is 2.55. The molecule has 1 fully saturated rings. The van der Waals surface area contributed by atoms with Crippen molar-refractivity contribution in [2.45, 2.75) is 25.2 Å². The van der Waals surface area contributed by atoms with Gasteiger partial charge in [-0.05, 0) is 0 Å². The van der Waals surface area contributed by atoms with Crippen molar-refractivity contribution in [3.05, 3.63) is 29.3 Å². The van der Waals surface area contributed by atoms with Crippen LogP contribution in [0, 0.1) is 0 Å². The first-order valence-corrected chi connectivity index (χ1v) is 11.3. The van der Waals surface area contributed by atoms with Crippen LogP contribution in [0.4, 0.5) is 4.79 Å². The van der Waals surface area contributed by atoms with Gasteiger partial charge in [-0.3, -0.25) is 18.7 Å². The van der Waals surface area contributed by atoms with Gasteiger partial charge in [0.25, 0.3) is 5.91 Å². The van der Waals surface area contributed by atoms with Gasteiger partial charge in [0.1, 0.15) is 18.3 Å². The third kappa shape index (κ3) is 4.12. The molecule has 3 N–H and O–H groups in total. The topological polar surface area (TPSA) is 178 Å². The molecule has 0 spiro atoms. The lowest BCUT2D eigenvalue weighted by atomic mass is 9.94. The second-order valence-corrected chi connectivity index (χ2v) is 8.80. The van der Waals surface area contributed by atoms with Crippen molar-refractivity contribution in [2.75, 3.05) is 27.2 Å². The van der Waals surface area contributed by atoms with Crippen LogP contribution in [-0.4, -0.2) is 86.5 Å². The number of hydroxylamine groups is 2. The largest absolute Gasteiger partial charge is 0.484 e. The van der Waals surface area contributed by atoms with Gasteiger partial charge in [-0.15, -0.1) is 4.28 Å². The predicted octanol–water partition coefficient (Wildman–Crippen LogP) is -1.19. The van der Waals surface area contributed by atoms with Crippen molar-refractivity contribution in [2.24, 2.45) is 12.8 Å². The molecule has 0 aromatic carbocycles. The summed E-state index contributed by atoms with van der Waals surface area (Å²) >= 11 is 0. The van der Waals surface area contributed by atoms with Crippen molar-refractivity contribution >= 4 is 22.3 Å². The first-order chi connectivity index (χ1) is 15.5. The molecule has 2 unspecified atom stereocenters. The molecule has 2 aliphatic heterocycles. The Hall–Kier alpha value is -3.21. The monoisotopic (exact) mass is 484 g/mol. The van der Waals surface area contributed by atoms with E-state index in [-0.39, 0.29) is 13.2 Å². The fourth-order valence-corrected chi connectivity index (χ4v) is 4.45. The number of fused-ring (bicyclic) bond motifs is 4. The molecule has 4 heterocycles. The van der Waals surface area contributed by atoms with Gasteiger partial charge in [0, 0.05) is 33.3 Å². The molecule has 0 aliphatic carbocycles. The summed E-state index contributed by atoms with van der Waals surface area (Å²) in [6.45, 7) is 0.827. The molecule has 0 radical (unpaired) electrons. The third-order valence-corrected chi connectivity index (χ3v) is 5.74.